The molecule has 0 fully saturated rings. The Balaban J connectivity index is 1.97. The van der Waals surface area contributed by atoms with E-state index in [1.54, 1.807) is 7.11 Å². The van der Waals surface area contributed by atoms with Gasteiger partial charge < -0.3 is 14.6 Å². The Kier molecular flexibility index (Phi) is 4.68. The molecule has 1 amide bonds. The highest BCUT2D eigenvalue weighted by Crippen LogP contribution is 2.17. The number of nitrogens with one attached hydrogen (secondary N) is 1. The minimum absolute atomic E-state index is 0.0228. The van der Waals surface area contributed by atoms with Gasteiger partial charge in [-0.2, -0.15) is 0 Å². The van der Waals surface area contributed by atoms with E-state index in [-0.39, 0.29) is 5.91 Å². The number of para-hydroxylation sites is 1. The predicted octanol–water partition coefficient (Wildman–Crippen LogP) is 2.51. The topological polar surface area (TPSA) is 43.3 Å². The second-order valence-corrected chi connectivity index (χ2v) is 5.22. The lowest BCUT2D eigenvalue weighted by atomic mass is 10.1. The molecule has 0 saturated heterocycles. The van der Waals surface area contributed by atoms with Crippen LogP contribution in [0.5, 0.6) is 5.75 Å². The number of aryl methyl sites for hydroxylation is 1. The third kappa shape index (κ3) is 3.45. The first-order valence-corrected chi connectivity index (χ1v) is 7.03. The Morgan fingerprint density at radius 1 is 1.24 bits per heavy atom. The van der Waals surface area contributed by atoms with Gasteiger partial charge in [-0.1, -0.05) is 18.2 Å². The van der Waals surface area contributed by atoms with Crippen molar-refractivity contribution in [3.05, 3.63) is 52.8 Å². The number of rotatable bonds is 5. The summed E-state index contributed by atoms with van der Waals surface area (Å²) in [5.74, 6) is 0.819. The normalized spacial score (nSPS) is 10.5. The molecule has 1 aromatic heterocycles. The van der Waals surface area contributed by atoms with Gasteiger partial charge in [-0.05, 0) is 31.5 Å². The highest BCUT2D eigenvalue weighted by atomic mass is 16.5. The monoisotopic (exact) mass is 286 g/mol. The summed E-state index contributed by atoms with van der Waals surface area (Å²) in [5, 5.41) is 2.95. The Morgan fingerprint density at radius 3 is 2.57 bits per heavy atom. The SMILES string of the molecule is COc1ccccc1CNC(=O)Cc1cc(C)n(C)c1C. The Labute approximate surface area is 125 Å². The summed E-state index contributed by atoms with van der Waals surface area (Å²) in [6.07, 6.45) is 0.405. The molecule has 0 aliphatic rings. The van der Waals surface area contributed by atoms with E-state index in [4.69, 9.17) is 4.74 Å². The Morgan fingerprint density at radius 2 is 1.95 bits per heavy atom. The smallest absolute Gasteiger partial charge is 0.224 e. The first-order valence-electron chi connectivity index (χ1n) is 7.03. The molecule has 0 spiro atoms. The summed E-state index contributed by atoms with van der Waals surface area (Å²) in [6.45, 7) is 4.56. The molecule has 0 aliphatic carbocycles. The van der Waals surface area contributed by atoms with Crippen molar-refractivity contribution in [2.24, 2.45) is 7.05 Å². The standard InChI is InChI=1S/C17H22N2O2/c1-12-9-15(13(2)19(12)3)10-17(20)18-11-14-7-5-6-8-16(14)21-4/h5-9H,10-11H2,1-4H3,(H,18,20). The average Bonchev–Trinajstić information content (AvgIpc) is 2.72. The maximum absolute atomic E-state index is 12.1. The van der Waals surface area contributed by atoms with Crippen LogP contribution in [0.2, 0.25) is 0 Å². The van der Waals surface area contributed by atoms with E-state index in [2.05, 4.69) is 16.0 Å². The van der Waals surface area contributed by atoms with Crippen LogP contribution in [0.25, 0.3) is 0 Å². The quantitative estimate of drug-likeness (QED) is 0.917. The number of hydrogen-bond donors (Lipinski definition) is 1. The third-order valence-electron chi connectivity index (χ3n) is 3.90. The maximum atomic E-state index is 12.1. The summed E-state index contributed by atoms with van der Waals surface area (Å²) in [6, 6.07) is 9.77. The zero-order chi connectivity index (χ0) is 15.4. The Hall–Kier alpha value is -2.23. The Bertz CT molecular complexity index is 644. The molecule has 1 heterocycles. The first-order chi connectivity index (χ1) is 10.0. The van der Waals surface area contributed by atoms with Gasteiger partial charge in [0.2, 0.25) is 5.91 Å². The number of nitrogens with zero attached hydrogens (tertiary/aromatic N) is 1. The van der Waals surface area contributed by atoms with Gasteiger partial charge in [0.15, 0.2) is 0 Å². The number of methoxy groups -OCH3 is 1. The molecule has 4 nitrogen and oxygen atoms in total. The second kappa shape index (κ2) is 6.48. The predicted molar refractivity (Wildman–Crippen MR) is 83.4 cm³/mol. The summed E-state index contributed by atoms with van der Waals surface area (Å²) < 4.78 is 7.38. The third-order valence-corrected chi connectivity index (χ3v) is 3.90. The molecule has 0 radical (unpaired) electrons. The lowest BCUT2D eigenvalue weighted by molar-refractivity contribution is -0.120. The number of hydrogen-bond acceptors (Lipinski definition) is 2. The van der Waals surface area contributed by atoms with E-state index in [9.17, 15) is 4.79 Å². The van der Waals surface area contributed by atoms with Crippen molar-refractivity contribution in [1.29, 1.82) is 0 Å². The summed E-state index contributed by atoms with van der Waals surface area (Å²) in [7, 11) is 3.65. The zero-order valence-corrected chi connectivity index (χ0v) is 13.1. The van der Waals surface area contributed by atoms with Gasteiger partial charge in [-0.3, -0.25) is 4.79 Å². The van der Waals surface area contributed by atoms with Crippen LogP contribution in [-0.2, 0) is 24.8 Å². The molecule has 112 valence electrons. The van der Waals surface area contributed by atoms with E-state index in [1.807, 2.05) is 45.2 Å². The van der Waals surface area contributed by atoms with Crippen LogP contribution in [0.3, 0.4) is 0 Å². The molecule has 0 atom stereocenters. The fraction of sp³-hybridized carbons (Fsp3) is 0.353. The van der Waals surface area contributed by atoms with Crippen LogP contribution in [0, 0.1) is 13.8 Å². The van der Waals surface area contributed by atoms with Crippen molar-refractivity contribution >= 4 is 5.91 Å². The molecule has 1 N–H and O–H groups in total. The molecule has 2 rings (SSSR count). The van der Waals surface area contributed by atoms with Crippen LogP contribution < -0.4 is 10.1 Å². The first kappa shape index (κ1) is 15.2. The van der Waals surface area contributed by atoms with Gasteiger partial charge in [0.25, 0.3) is 0 Å². The van der Waals surface area contributed by atoms with Crippen molar-refractivity contribution < 1.29 is 9.53 Å². The highest BCUT2D eigenvalue weighted by Gasteiger charge is 2.11. The minimum Gasteiger partial charge on any atom is -0.496 e. The van der Waals surface area contributed by atoms with E-state index < -0.39 is 0 Å². The lowest BCUT2D eigenvalue weighted by Crippen LogP contribution is -2.25. The van der Waals surface area contributed by atoms with Crippen molar-refractivity contribution in [3.8, 4) is 5.75 Å². The molecular weight excluding hydrogens is 264 g/mol. The van der Waals surface area contributed by atoms with Crippen molar-refractivity contribution in [2.45, 2.75) is 26.8 Å². The largest absolute Gasteiger partial charge is 0.496 e. The van der Waals surface area contributed by atoms with Gasteiger partial charge in [0, 0.05) is 30.5 Å². The average molecular weight is 286 g/mol. The summed E-state index contributed by atoms with van der Waals surface area (Å²) in [4.78, 5) is 12.1. The molecule has 1 aromatic carbocycles. The summed E-state index contributed by atoms with van der Waals surface area (Å²) >= 11 is 0. The van der Waals surface area contributed by atoms with E-state index in [0.717, 1.165) is 22.6 Å². The van der Waals surface area contributed by atoms with Gasteiger partial charge in [-0.25, -0.2) is 0 Å². The number of amides is 1. The lowest BCUT2D eigenvalue weighted by Gasteiger charge is -2.09. The number of carbonyl (C=O) groups excluding carboxylic acids is 1. The van der Waals surface area contributed by atoms with Crippen LogP contribution in [0.4, 0.5) is 0 Å². The van der Waals surface area contributed by atoms with Crippen molar-refractivity contribution in [3.63, 3.8) is 0 Å². The molecule has 0 bridgehead atoms. The van der Waals surface area contributed by atoms with E-state index in [1.165, 1.54) is 5.69 Å². The van der Waals surface area contributed by atoms with E-state index in [0.29, 0.717) is 13.0 Å². The molecule has 4 heteroatoms. The van der Waals surface area contributed by atoms with Gasteiger partial charge in [-0.15, -0.1) is 0 Å². The molecular formula is C17H22N2O2. The zero-order valence-electron chi connectivity index (χ0n) is 13.1. The molecule has 21 heavy (non-hydrogen) atoms. The number of benzene rings is 1. The van der Waals surface area contributed by atoms with Crippen LogP contribution in [0.1, 0.15) is 22.5 Å². The molecule has 0 unspecified atom stereocenters. The van der Waals surface area contributed by atoms with Gasteiger partial charge in [0.1, 0.15) is 5.75 Å². The van der Waals surface area contributed by atoms with Crippen LogP contribution in [0.15, 0.2) is 30.3 Å². The second-order valence-electron chi connectivity index (χ2n) is 5.22. The number of aromatic nitrogens is 1. The van der Waals surface area contributed by atoms with Crippen LogP contribution >= 0.6 is 0 Å². The van der Waals surface area contributed by atoms with Crippen molar-refractivity contribution in [1.82, 2.24) is 9.88 Å². The molecule has 0 saturated carbocycles. The van der Waals surface area contributed by atoms with Gasteiger partial charge in [0.05, 0.1) is 13.5 Å². The minimum atomic E-state index is 0.0228. The fourth-order valence-electron chi connectivity index (χ4n) is 2.39. The van der Waals surface area contributed by atoms with Crippen LogP contribution in [-0.4, -0.2) is 17.6 Å². The molecule has 0 aliphatic heterocycles. The number of carbonyl (C=O) groups is 1. The number of ether oxygens (including phenoxy) is 1. The highest BCUT2D eigenvalue weighted by molar-refractivity contribution is 5.79. The summed E-state index contributed by atoms with van der Waals surface area (Å²) in [5.41, 5.74) is 4.36. The fourth-order valence-corrected chi connectivity index (χ4v) is 2.39. The molecule has 2 aromatic rings. The van der Waals surface area contributed by atoms with Gasteiger partial charge >= 0.3 is 0 Å². The maximum Gasteiger partial charge on any atom is 0.224 e. The van der Waals surface area contributed by atoms with Crippen molar-refractivity contribution in [2.75, 3.05) is 7.11 Å². The van der Waals surface area contributed by atoms with E-state index >= 15 is 0 Å².